The van der Waals surface area contributed by atoms with Crippen molar-refractivity contribution >= 4 is 17.2 Å². The Labute approximate surface area is 115 Å². The van der Waals surface area contributed by atoms with Crippen LogP contribution < -0.4 is 0 Å². The van der Waals surface area contributed by atoms with E-state index in [0.29, 0.717) is 22.1 Å². The summed E-state index contributed by atoms with van der Waals surface area (Å²) in [6, 6.07) is 7.36. The van der Waals surface area contributed by atoms with Crippen LogP contribution in [0.25, 0.3) is 16.9 Å². The van der Waals surface area contributed by atoms with Crippen molar-refractivity contribution < 1.29 is 5.11 Å². The van der Waals surface area contributed by atoms with E-state index >= 15 is 0 Å². The fraction of sp³-hybridized carbons (Fsp3) is 0.143. The summed E-state index contributed by atoms with van der Waals surface area (Å²) >= 11 is 6.15. The Morgan fingerprint density at radius 1 is 1.32 bits per heavy atom. The zero-order valence-corrected chi connectivity index (χ0v) is 11.0. The van der Waals surface area contributed by atoms with Gasteiger partial charge in [-0.05, 0) is 31.2 Å². The molecule has 0 aliphatic rings. The lowest BCUT2D eigenvalue weighted by molar-refractivity contribution is 0.194. The molecule has 4 nitrogen and oxygen atoms in total. The minimum atomic E-state index is -0.649. The zero-order chi connectivity index (χ0) is 13.4. The number of aliphatic hydroxyl groups is 1. The molecule has 19 heavy (non-hydrogen) atoms. The standard InChI is InChI=1S/C14H12ClN3O/c1-9(19)13-12(10-4-2-6-16-8-10)17-14-11(15)5-3-7-18(13)14/h2-9,19H,1H3. The lowest BCUT2D eigenvalue weighted by Crippen LogP contribution is -1.99. The molecule has 1 unspecified atom stereocenters. The van der Waals surface area contributed by atoms with E-state index in [-0.39, 0.29) is 0 Å². The van der Waals surface area contributed by atoms with Gasteiger partial charge in [-0.3, -0.25) is 9.38 Å². The van der Waals surface area contributed by atoms with E-state index in [0.717, 1.165) is 5.56 Å². The molecule has 0 aromatic carbocycles. The summed E-state index contributed by atoms with van der Waals surface area (Å²) < 4.78 is 1.81. The van der Waals surface area contributed by atoms with Crippen LogP contribution >= 0.6 is 11.6 Å². The number of aliphatic hydroxyl groups excluding tert-OH is 1. The predicted octanol–water partition coefficient (Wildman–Crippen LogP) is 3.10. The Morgan fingerprint density at radius 2 is 2.16 bits per heavy atom. The summed E-state index contributed by atoms with van der Waals surface area (Å²) in [5, 5.41) is 10.6. The van der Waals surface area contributed by atoms with Crippen molar-refractivity contribution in [2.75, 3.05) is 0 Å². The van der Waals surface area contributed by atoms with Crippen molar-refractivity contribution in [3.8, 4) is 11.3 Å². The van der Waals surface area contributed by atoms with Gasteiger partial charge in [0.25, 0.3) is 0 Å². The topological polar surface area (TPSA) is 50.4 Å². The van der Waals surface area contributed by atoms with Gasteiger partial charge in [-0.1, -0.05) is 11.6 Å². The summed E-state index contributed by atoms with van der Waals surface area (Å²) in [5.41, 5.74) is 2.92. The van der Waals surface area contributed by atoms with E-state index in [1.54, 1.807) is 25.4 Å². The highest BCUT2D eigenvalue weighted by molar-refractivity contribution is 6.33. The number of pyridine rings is 2. The van der Waals surface area contributed by atoms with Crippen molar-refractivity contribution in [2.24, 2.45) is 0 Å². The number of hydrogen-bond donors (Lipinski definition) is 1. The molecule has 1 atom stereocenters. The smallest absolute Gasteiger partial charge is 0.156 e. The zero-order valence-electron chi connectivity index (χ0n) is 10.3. The third-order valence-electron chi connectivity index (χ3n) is 2.97. The van der Waals surface area contributed by atoms with Gasteiger partial charge in [-0.15, -0.1) is 0 Å². The van der Waals surface area contributed by atoms with Crippen LogP contribution in [0.5, 0.6) is 0 Å². The molecule has 0 saturated carbocycles. The van der Waals surface area contributed by atoms with Crippen LogP contribution in [0.3, 0.4) is 0 Å². The van der Waals surface area contributed by atoms with Gasteiger partial charge in [0, 0.05) is 24.2 Å². The first-order valence-corrected chi connectivity index (χ1v) is 6.31. The number of halogens is 1. The summed E-state index contributed by atoms with van der Waals surface area (Å²) in [7, 11) is 0. The molecular formula is C14H12ClN3O. The summed E-state index contributed by atoms with van der Waals surface area (Å²) in [6.07, 6.45) is 4.62. The second-order valence-corrected chi connectivity index (χ2v) is 4.72. The second kappa shape index (κ2) is 4.64. The first kappa shape index (κ1) is 12.1. The number of imidazole rings is 1. The molecule has 3 aromatic rings. The molecule has 96 valence electrons. The maximum Gasteiger partial charge on any atom is 0.156 e. The lowest BCUT2D eigenvalue weighted by Gasteiger charge is -2.07. The summed E-state index contributed by atoms with van der Waals surface area (Å²) in [4.78, 5) is 8.62. The van der Waals surface area contributed by atoms with Gasteiger partial charge in [0.2, 0.25) is 0 Å². The number of fused-ring (bicyclic) bond motifs is 1. The molecule has 0 spiro atoms. The molecule has 0 radical (unpaired) electrons. The molecule has 1 N–H and O–H groups in total. The van der Waals surface area contributed by atoms with E-state index in [9.17, 15) is 5.11 Å². The Bertz CT molecular complexity index is 722. The number of hydrogen-bond acceptors (Lipinski definition) is 3. The maximum atomic E-state index is 10.0. The average molecular weight is 274 g/mol. The van der Waals surface area contributed by atoms with Crippen LogP contribution in [0.4, 0.5) is 0 Å². The van der Waals surface area contributed by atoms with Crippen molar-refractivity contribution in [3.05, 3.63) is 53.6 Å². The third-order valence-corrected chi connectivity index (χ3v) is 3.27. The van der Waals surface area contributed by atoms with Gasteiger partial charge in [0.15, 0.2) is 5.65 Å². The van der Waals surface area contributed by atoms with E-state index in [1.807, 2.05) is 28.8 Å². The van der Waals surface area contributed by atoms with Crippen LogP contribution in [0.15, 0.2) is 42.9 Å². The van der Waals surface area contributed by atoms with Gasteiger partial charge >= 0.3 is 0 Å². The highest BCUT2D eigenvalue weighted by Crippen LogP contribution is 2.30. The lowest BCUT2D eigenvalue weighted by atomic mass is 10.1. The first-order chi connectivity index (χ1) is 9.18. The Morgan fingerprint density at radius 3 is 2.84 bits per heavy atom. The molecule has 3 rings (SSSR count). The van der Waals surface area contributed by atoms with Gasteiger partial charge < -0.3 is 5.11 Å². The Hall–Kier alpha value is -1.91. The highest BCUT2D eigenvalue weighted by Gasteiger charge is 2.19. The van der Waals surface area contributed by atoms with Crippen LogP contribution in [0.1, 0.15) is 18.7 Å². The van der Waals surface area contributed by atoms with E-state index < -0.39 is 6.10 Å². The summed E-state index contributed by atoms with van der Waals surface area (Å²) in [6.45, 7) is 1.71. The number of nitrogens with zero attached hydrogens (tertiary/aromatic N) is 3. The molecule has 3 aromatic heterocycles. The molecular weight excluding hydrogens is 262 g/mol. The van der Waals surface area contributed by atoms with Gasteiger partial charge in [0.05, 0.1) is 22.5 Å². The second-order valence-electron chi connectivity index (χ2n) is 4.31. The number of aromatic nitrogens is 3. The predicted molar refractivity (Wildman–Crippen MR) is 74.1 cm³/mol. The van der Waals surface area contributed by atoms with E-state index in [2.05, 4.69) is 9.97 Å². The minimum Gasteiger partial charge on any atom is -0.387 e. The first-order valence-electron chi connectivity index (χ1n) is 5.93. The monoisotopic (exact) mass is 273 g/mol. The van der Waals surface area contributed by atoms with E-state index in [1.165, 1.54) is 0 Å². The van der Waals surface area contributed by atoms with Crippen LogP contribution in [0, 0.1) is 0 Å². The molecule has 0 bridgehead atoms. The third kappa shape index (κ3) is 1.99. The molecule has 0 aliphatic heterocycles. The highest BCUT2D eigenvalue weighted by atomic mass is 35.5. The van der Waals surface area contributed by atoms with Crippen molar-refractivity contribution in [2.45, 2.75) is 13.0 Å². The van der Waals surface area contributed by atoms with Crippen LogP contribution in [0.2, 0.25) is 5.02 Å². The molecule has 5 heteroatoms. The molecule has 0 amide bonds. The number of rotatable bonds is 2. The normalized spacial score (nSPS) is 12.8. The van der Waals surface area contributed by atoms with E-state index in [4.69, 9.17) is 11.6 Å². The molecule has 3 heterocycles. The Kier molecular flexibility index (Phi) is 2.97. The maximum absolute atomic E-state index is 10.0. The molecule has 0 fully saturated rings. The fourth-order valence-electron chi connectivity index (χ4n) is 2.17. The van der Waals surface area contributed by atoms with Crippen molar-refractivity contribution in [1.82, 2.24) is 14.4 Å². The SMILES string of the molecule is CC(O)c1c(-c2cccnc2)nc2c(Cl)cccn12. The average Bonchev–Trinajstić information content (AvgIpc) is 2.81. The van der Waals surface area contributed by atoms with Crippen molar-refractivity contribution in [1.29, 1.82) is 0 Å². The van der Waals surface area contributed by atoms with Crippen molar-refractivity contribution in [3.63, 3.8) is 0 Å². The fourth-order valence-corrected chi connectivity index (χ4v) is 2.37. The molecule has 0 saturated heterocycles. The largest absolute Gasteiger partial charge is 0.387 e. The summed E-state index contributed by atoms with van der Waals surface area (Å²) in [5.74, 6) is 0. The molecule has 0 aliphatic carbocycles. The van der Waals surface area contributed by atoms with Gasteiger partial charge in [0.1, 0.15) is 0 Å². The van der Waals surface area contributed by atoms with Crippen LogP contribution in [-0.2, 0) is 0 Å². The minimum absolute atomic E-state index is 0.555. The van der Waals surface area contributed by atoms with Crippen LogP contribution in [-0.4, -0.2) is 19.5 Å². The van der Waals surface area contributed by atoms with Gasteiger partial charge in [-0.2, -0.15) is 0 Å². The Balaban J connectivity index is 2.36. The van der Waals surface area contributed by atoms with Gasteiger partial charge in [-0.25, -0.2) is 4.98 Å². The quantitative estimate of drug-likeness (QED) is 0.780.